The standard InChI is InChI=1S/C14H10FIN2/c1-9-5-7-10(8-6-9)13-14(16)18-11(15)3-2-4-12(18)17-13/h2-8H,1H3. The lowest BCUT2D eigenvalue weighted by Crippen LogP contribution is -1.93. The first-order chi connectivity index (χ1) is 8.66. The van der Waals surface area contributed by atoms with Gasteiger partial charge < -0.3 is 0 Å². The summed E-state index contributed by atoms with van der Waals surface area (Å²) in [6.45, 7) is 2.04. The molecule has 4 heteroatoms. The fourth-order valence-corrected chi connectivity index (χ4v) is 2.82. The number of fused-ring (bicyclic) bond motifs is 1. The van der Waals surface area contributed by atoms with Gasteiger partial charge in [0.25, 0.3) is 0 Å². The van der Waals surface area contributed by atoms with Crippen LogP contribution in [0, 0.1) is 16.6 Å². The summed E-state index contributed by atoms with van der Waals surface area (Å²) in [5, 5.41) is 0. The van der Waals surface area contributed by atoms with E-state index in [0.717, 1.165) is 15.0 Å². The third-order valence-corrected chi connectivity index (χ3v) is 3.86. The third kappa shape index (κ3) is 1.80. The van der Waals surface area contributed by atoms with Crippen molar-refractivity contribution in [1.29, 1.82) is 0 Å². The Hall–Kier alpha value is -1.43. The second-order valence-corrected chi connectivity index (χ2v) is 5.18. The van der Waals surface area contributed by atoms with E-state index >= 15 is 0 Å². The molecule has 0 atom stereocenters. The highest BCUT2D eigenvalue weighted by Crippen LogP contribution is 2.26. The Morgan fingerprint density at radius 3 is 2.50 bits per heavy atom. The van der Waals surface area contributed by atoms with Crippen molar-refractivity contribution in [2.45, 2.75) is 6.92 Å². The van der Waals surface area contributed by atoms with Gasteiger partial charge in [-0.1, -0.05) is 35.9 Å². The average Bonchev–Trinajstić information content (AvgIpc) is 2.69. The number of aryl methyl sites for hydroxylation is 1. The van der Waals surface area contributed by atoms with Crippen molar-refractivity contribution in [1.82, 2.24) is 9.38 Å². The molecule has 0 unspecified atom stereocenters. The molecule has 2 nitrogen and oxygen atoms in total. The zero-order valence-corrected chi connectivity index (χ0v) is 11.8. The first-order valence-corrected chi connectivity index (χ1v) is 6.64. The van der Waals surface area contributed by atoms with E-state index in [1.807, 2.05) is 37.3 Å². The van der Waals surface area contributed by atoms with Gasteiger partial charge in [0.05, 0.1) is 0 Å². The van der Waals surface area contributed by atoms with Crippen LogP contribution in [0.1, 0.15) is 5.56 Å². The van der Waals surface area contributed by atoms with E-state index in [1.54, 1.807) is 6.07 Å². The van der Waals surface area contributed by atoms with Gasteiger partial charge in [0.15, 0.2) is 5.95 Å². The molecule has 0 aliphatic heterocycles. The minimum absolute atomic E-state index is 0.289. The molecule has 18 heavy (non-hydrogen) atoms. The highest BCUT2D eigenvalue weighted by molar-refractivity contribution is 14.1. The predicted octanol–water partition coefficient (Wildman–Crippen LogP) is 4.05. The smallest absolute Gasteiger partial charge is 0.200 e. The van der Waals surface area contributed by atoms with E-state index < -0.39 is 0 Å². The summed E-state index contributed by atoms with van der Waals surface area (Å²) >= 11 is 2.13. The molecule has 0 amide bonds. The number of benzene rings is 1. The van der Waals surface area contributed by atoms with Crippen molar-refractivity contribution < 1.29 is 4.39 Å². The largest absolute Gasteiger partial charge is 0.263 e. The van der Waals surface area contributed by atoms with E-state index in [9.17, 15) is 4.39 Å². The monoisotopic (exact) mass is 352 g/mol. The quantitative estimate of drug-likeness (QED) is 0.477. The van der Waals surface area contributed by atoms with Crippen LogP contribution in [0.3, 0.4) is 0 Å². The molecule has 2 aromatic heterocycles. The summed E-state index contributed by atoms with van der Waals surface area (Å²) in [6, 6.07) is 13.0. The van der Waals surface area contributed by atoms with Crippen LogP contribution < -0.4 is 0 Å². The molecular weight excluding hydrogens is 342 g/mol. The Balaban J connectivity index is 2.27. The lowest BCUT2D eigenvalue weighted by atomic mass is 10.1. The molecule has 0 spiro atoms. The number of aromatic nitrogens is 2. The van der Waals surface area contributed by atoms with Gasteiger partial charge >= 0.3 is 0 Å². The van der Waals surface area contributed by atoms with Gasteiger partial charge in [-0.2, -0.15) is 4.39 Å². The van der Waals surface area contributed by atoms with Crippen LogP contribution in [-0.4, -0.2) is 9.38 Å². The maximum absolute atomic E-state index is 13.8. The molecule has 2 heterocycles. The minimum Gasteiger partial charge on any atom is -0.263 e. The van der Waals surface area contributed by atoms with Crippen LogP contribution >= 0.6 is 22.6 Å². The van der Waals surface area contributed by atoms with Crippen molar-refractivity contribution in [3.8, 4) is 11.3 Å². The van der Waals surface area contributed by atoms with Gasteiger partial charge in [0, 0.05) is 5.56 Å². The van der Waals surface area contributed by atoms with E-state index in [1.165, 1.54) is 16.0 Å². The van der Waals surface area contributed by atoms with Crippen molar-refractivity contribution in [2.75, 3.05) is 0 Å². The van der Waals surface area contributed by atoms with Crippen molar-refractivity contribution in [3.05, 3.63) is 57.7 Å². The maximum Gasteiger partial charge on any atom is 0.200 e. The summed E-state index contributed by atoms with van der Waals surface area (Å²) in [6.07, 6.45) is 0. The number of imidazole rings is 1. The topological polar surface area (TPSA) is 17.3 Å². The summed E-state index contributed by atoms with van der Waals surface area (Å²) in [5.41, 5.74) is 3.66. The number of rotatable bonds is 1. The minimum atomic E-state index is -0.289. The number of pyridine rings is 1. The van der Waals surface area contributed by atoms with Gasteiger partial charge in [-0.25, -0.2) is 4.98 Å². The first-order valence-electron chi connectivity index (χ1n) is 5.56. The molecule has 0 aliphatic rings. The average molecular weight is 352 g/mol. The van der Waals surface area contributed by atoms with Crippen LogP contribution in [0.5, 0.6) is 0 Å². The van der Waals surface area contributed by atoms with E-state index in [2.05, 4.69) is 27.6 Å². The van der Waals surface area contributed by atoms with E-state index in [4.69, 9.17) is 0 Å². The van der Waals surface area contributed by atoms with Gasteiger partial charge in [-0.05, 0) is 41.6 Å². The molecular formula is C14H10FIN2. The zero-order chi connectivity index (χ0) is 12.7. The SMILES string of the molecule is Cc1ccc(-c2nc3cccc(F)n3c2I)cc1. The molecule has 0 fully saturated rings. The fourth-order valence-electron chi connectivity index (χ4n) is 1.92. The van der Waals surface area contributed by atoms with Crippen LogP contribution in [0.25, 0.3) is 16.9 Å². The second-order valence-electron chi connectivity index (χ2n) is 4.16. The van der Waals surface area contributed by atoms with Crippen LogP contribution in [0.15, 0.2) is 42.5 Å². The number of hydrogen-bond donors (Lipinski definition) is 0. The normalized spacial score (nSPS) is 11.1. The lowest BCUT2D eigenvalue weighted by Gasteiger charge is -1.99. The predicted molar refractivity (Wildman–Crippen MR) is 78.0 cm³/mol. The molecule has 1 aromatic carbocycles. The Morgan fingerprint density at radius 2 is 1.83 bits per heavy atom. The highest BCUT2D eigenvalue weighted by Gasteiger charge is 2.13. The maximum atomic E-state index is 13.8. The van der Waals surface area contributed by atoms with Crippen LogP contribution in [0.4, 0.5) is 4.39 Å². The van der Waals surface area contributed by atoms with Gasteiger partial charge in [-0.3, -0.25) is 4.40 Å². The Kier molecular flexibility index (Phi) is 2.81. The second kappa shape index (κ2) is 4.35. The molecule has 0 saturated heterocycles. The number of nitrogens with zero attached hydrogens (tertiary/aromatic N) is 2. The number of hydrogen-bond acceptors (Lipinski definition) is 1. The highest BCUT2D eigenvalue weighted by atomic mass is 127. The fraction of sp³-hybridized carbons (Fsp3) is 0.0714. The first kappa shape index (κ1) is 11.6. The van der Waals surface area contributed by atoms with Crippen molar-refractivity contribution in [2.24, 2.45) is 0 Å². The summed E-state index contributed by atoms with van der Waals surface area (Å²) < 4.78 is 16.1. The van der Waals surface area contributed by atoms with E-state index in [0.29, 0.717) is 5.65 Å². The summed E-state index contributed by atoms with van der Waals surface area (Å²) in [7, 11) is 0. The van der Waals surface area contributed by atoms with Gasteiger partial charge in [0.2, 0.25) is 0 Å². The molecule has 90 valence electrons. The van der Waals surface area contributed by atoms with Crippen molar-refractivity contribution >= 4 is 28.2 Å². The molecule has 0 bridgehead atoms. The van der Waals surface area contributed by atoms with Gasteiger partial charge in [-0.15, -0.1) is 0 Å². The Labute approximate surface area is 118 Å². The van der Waals surface area contributed by atoms with Gasteiger partial charge in [0.1, 0.15) is 15.0 Å². The van der Waals surface area contributed by atoms with E-state index in [-0.39, 0.29) is 5.95 Å². The summed E-state index contributed by atoms with van der Waals surface area (Å²) in [5.74, 6) is -0.289. The van der Waals surface area contributed by atoms with Crippen LogP contribution in [-0.2, 0) is 0 Å². The summed E-state index contributed by atoms with van der Waals surface area (Å²) in [4.78, 5) is 4.49. The molecule has 0 aliphatic carbocycles. The van der Waals surface area contributed by atoms with Crippen LogP contribution in [0.2, 0.25) is 0 Å². The number of halogens is 2. The van der Waals surface area contributed by atoms with Crippen molar-refractivity contribution in [3.63, 3.8) is 0 Å². The molecule has 0 saturated carbocycles. The third-order valence-electron chi connectivity index (χ3n) is 2.86. The lowest BCUT2D eigenvalue weighted by molar-refractivity contribution is 0.564. The Bertz CT molecular complexity index is 716. The Morgan fingerprint density at radius 1 is 1.11 bits per heavy atom. The molecule has 0 N–H and O–H groups in total. The molecule has 0 radical (unpaired) electrons. The molecule has 3 rings (SSSR count). The zero-order valence-electron chi connectivity index (χ0n) is 9.69. The molecule has 3 aromatic rings.